The molecule has 3 fully saturated rings. The summed E-state index contributed by atoms with van der Waals surface area (Å²) in [6.07, 6.45) is 2.20. The maximum atomic E-state index is 14.9. The van der Waals surface area contributed by atoms with E-state index in [0.29, 0.717) is 46.4 Å². The molecule has 6 nitrogen and oxygen atoms in total. The number of amides is 1. The second-order valence-electron chi connectivity index (χ2n) is 9.66. The van der Waals surface area contributed by atoms with Crippen LogP contribution in [0.25, 0.3) is 11.1 Å². The van der Waals surface area contributed by atoms with E-state index in [9.17, 15) is 22.9 Å². The van der Waals surface area contributed by atoms with E-state index >= 15 is 0 Å². The summed E-state index contributed by atoms with van der Waals surface area (Å²) in [6, 6.07) is 12.3. The van der Waals surface area contributed by atoms with Crippen LogP contribution in [0, 0.1) is 40.8 Å². The van der Waals surface area contributed by atoms with Crippen LogP contribution < -0.4 is 10.6 Å². The summed E-state index contributed by atoms with van der Waals surface area (Å²) in [5, 5.41) is 15.8. The number of sulfone groups is 1. The molecule has 2 aromatic rings. The van der Waals surface area contributed by atoms with Gasteiger partial charge in [-0.3, -0.25) is 4.79 Å². The van der Waals surface area contributed by atoms with Crippen molar-refractivity contribution in [2.75, 3.05) is 6.26 Å². The third kappa shape index (κ3) is 3.94. The lowest BCUT2D eigenvalue weighted by molar-refractivity contribution is -0.124. The number of hydrogen-bond donors (Lipinski definition) is 2. The van der Waals surface area contributed by atoms with Crippen LogP contribution in [0.4, 0.5) is 4.39 Å². The molecule has 0 aromatic heterocycles. The molecule has 3 aliphatic rings. The molecule has 2 saturated carbocycles. The minimum absolute atomic E-state index is 0.0566. The van der Waals surface area contributed by atoms with Crippen LogP contribution in [-0.4, -0.2) is 38.7 Å². The van der Waals surface area contributed by atoms with Gasteiger partial charge in [0.05, 0.1) is 17.0 Å². The first kappa shape index (κ1) is 22.1. The molecular weight excluding hydrogens is 441 g/mol. The molecule has 7 unspecified atom stereocenters. The first-order chi connectivity index (χ1) is 15.7. The number of nitrogens with zero attached hydrogens (tertiary/aromatic N) is 1. The van der Waals surface area contributed by atoms with Crippen molar-refractivity contribution in [1.82, 2.24) is 10.6 Å². The molecule has 33 heavy (non-hydrogen) atoms. The summed E-state index contributed by atoms with van der Waals surface area (Å²) in [7, 11) is -3.37. The standard InChI is InChI=1S/C25H26FN3O3S/c1-13-22-19-11-21(23(13)22)29-24(19)25(30)28-17(12-27)8-16-7-6-15(10-20(16)26)14-4-3-5-18(9-14)33(2,31)32/h3-7,9-10,13,17,19,21-24,29H,8,11H2,1-2H3,(H,28,30). The molecule has 8 heteroatoms. The highest BCUT2D eigenvalue weighted by Gasteiger charge is 2.67. The maximum Gasteiger partial charge on any atom is 0.238 e. The SMILES string of the molecule is CC1C2C3CC(C(C(=O)NC(C#N)Cc4ccc(-c5cccc(S(C)(=O)=O)c5)cc4F)N3)C12. The van der Waals surface area contributed by atoms with E-state index in [-0.39, 0.29) is 23.3 Å². The topological polar surface area (TPSA) is 99.1 Å². The molecule has 2 bridgehead atoms. The van der Waals surface area contributed by atoms with Crippen molar-refractivity contribution in [2.45, 2.75) is 42.8 Å². The van der Waals surface area contributed by atoms with Crippen molar-refractivity contribution in [2.24, 2.45) is 23.7 Å². The molecule has 172 valence electrons. The van der Waals surface area contributed by atoms with Gasteiger partial charge >= 0.3 is 0 Å². The van der Waals surface area contributed by atoms with Crippen LogP contribution in [0.2, 0.25) is 0 Å². The maximum absolute atomic E-state index is 14.9. The first-order valence-electron chi connectivity index (χ1n) is 11.2. The molecule has 0 spiro atoms. The van der Waals surface area contributed by atoms with Gasteiger partial charge in [0.15, 0.2) is 9.84 Å². The Balaban J connectivity index is 1.27. The van der Waals surface area contributed by atoms with Gasteiger partial charge in [-0.05, 0) is 65.0 Å². The smallest absolute Gasteiger partial charge is 0.238 e. The number of halogens is 1. The van der Waals surface area contributed by atoms with Crippen molar-refractivity contribution in [1.29, 1.82) is 5.26 Å². The van der Waals surface area contributed by atoms with Crippen molar-refractivity contribution in [3.63, 3.8) is 0 Å². The summed E-state index contributed by atoms with van der Waals surface area (Å²) in [4.78, 5) is 13.0. The van der Waals surface area contributed by atoms with Gasteiger partial charge in [0.1, 0.15) is 11.9 Å². The van der Waals surface area contributed by atoms with Gasteiger partial charge in [-0.25, -0.2) is 12.8 Å². The van der Waals surface area contributed by atoms with Gasteiger partial charge in [-0.1, -0.05) is 31.2 Å². The van der Waals surface area contributed by atoms with Crippen LogP contribution in [0.5, 0.6) is 0 Å². The van der Waals surface area contributed by atoms with Crippen molar-refractivity contribution in [3.8, 4) is 17.2 Å². The Morgan fingerprint density at radius 3 is 2.67 bits per heavy atom. The Morgan fingerprint density at radius 1 is 1.24 bits per heavy atom. The minimum Gasteiger partial charge on any atom is -0.339 e. The number of carbonyl (C=O) groups is 1. The van der Waals surface area contributed by atoms with E-state index in [1.165, 1.54) is 18.2 Å². The van der Waals surface area contributed by atoms with E-state index < -0.39 is 21.7 Å². The van der Waals surface area contributed by atoms with Crippen molar-refractivity contribution >= 4 is 15.7 Å². The van der Waals surface area contributed by atoms with E-state index in [0.717, 1.165) is 12.7 Å². The van der Waals surface area contributed by atoms with Gasteiger partial charge in [0, 0.05) is 18.7 Å². The zero-order chi connectivity index (χ0) is 23.5. The van der Waals surface area contributed by atoms with Crippen LogP contribution in [0.15, 0.2) is 47.4 Å². The van der Waals surface area contributed by atoms with Gasteiger partial charge in [-0.2, -0.15) is 5.26 Å². The molecule has 0 radical (unpaired) electrons. The second kappa shape index (κ2) is 7.93. The summed E-state index contributed by atoms with van der Waals surface area (Å²) < 4.78 is 38.5. The number of rotatable bonds is 6. The molecular formula is C25H26FN3O3S. The molecule has 1 heterocycles. The number of nitrogens with one attached hydrogen (secondary N) is 2. The molecule has 2 aliphatic carbocycles. The summed E-state index contributed by atoms with van der Waals surface area (Å²) >= 11 is 0. The summed E-state index contributed by atoms with van der Waals surface area (Å²) in [5.74, 6) is 1.61. The molecule has 1 saturated heterocycles. The van der Waals surface area contributed by atoms with Gasteiger partial charge < -0.3 is 10.6 Å². The van der Waals surface area contributed by atoms with E-state index in [1.807, 2.05) is 0 Å². The highest BCUT2D eigenvalue weighted by molar-refractivity contribution is 7.90. The Bertz CT molecular complexity index is 1270. The Morgan fingerprint density at radius 2 is 2.00 bits per heavy atom. The van der Waals surface area contributed by atoms with Crippen LogP contribution >= 0.6 is 0 Å². The predicted octanol–water partition coefficient (Wildman–Crippen LogP) is 2.69. The van der Waals surface area contributed by atoms with Crippen molar-refractivity contribution in [3.05, 3.63) is 53.8 Å². The van der Waals surface area contributed by atoms with E-state index in [2.05, 4.69) is 23.6 Å². The second-order valence-corrected chi connectivity index (χ2v) is 11.7. The number of hydrogen-bond acceptors (Lipinski definition) is 5. The minimum atomic E-state index is -3.37. The molecule has 1 aliphatic heterocycles. The zero-order valence-corrected chi connectivity index (χ0v) is 19.3. The predicted molar refractivity (Wildman–Crippen MR) is 121 cm³/mol. The Labute approximate surface area is 193 Å². The van der Waals surface area contributed by atoms with Crippen LogP contribution in [0.1, 0.15) is 18.9 Å². The van der Waals surface area contributed by atoms with Crippen molar-refractivity contribution < 1.29 is 17.6 Å². The highest BCUT2D eigenvalue weighted by atomic mass is 32.2. The fourth-order valence-corrected chi connectivity index (χ4v) is 6.68. The zero-order valence-electron chi connectivity index (χ0n) is 18.5. The number of benzene rings is 2. The largest absolute Gasteiger partial charge is 0.339 e. The third-order valence-corrected chi connectivity index (χ3v) is 8.76. The molecule has 2 N–H and O–H groups in total. The molecule has 2 aromatic carbocycles. The lowest BCUT2D eigenvalue weighted by atomic mass is 9.94. The molecule has 1 amide bonds. The van der Waals surface area contributed by atoms with E-state index in [4.69, 9.17) is 0 Å². The number of piperidine rings is 1. The summed E-state index contributed by atoms with van der Waals surface area (Å²) in [5.41, 5.74) is 1.45. The lowest BCUT2D eigenvalue weighted by Crippen LogP contribution is -2.51. The fourth-order valence-electron chi connectivity index (χ4n) is 6.01. The third-order valence-electron chi connectivity index (χ3n) is 7.65. The fraction of sp³-hybridized carbons (Fsp3) is 0.440. The number of nitriles is 1. The lowest BCUT2D eigenvalue weighted by Gasteiger charge is -2.23. The molecule has 5 rings (SSSR count). The van der Waals surface area contributed by atoms with Crippen LogP contribution in [-0.2, 0) is 21.1 Å². The normalized spacial score (nSPS) is 30.4. The van der Waals surface area contributed by atoms with Crippen LogP contribution in [0.3, 0.4) is 0 Å². The number of carbonyl (C=O) groups excluding carboxylic acids is 1. The highest BCUT2D eigenvalue weighted by Crippen LogP contribution is 2.64. The monoisotopic (exact) mass is 467 g/mol. The Hall–Kier alpha value is -2.76. The number of fused-ring (bicyclic) bond motifs is 5. The first-order valence-corrected chi connectivity index (χ1v) is 13.1. The van der Waals surface area contributed by atoms with Gasteiger partial charge in [0.25, 0.3) is 0 Å². The molecule has 7 atom stereocenters. The van der Waals surface area contributed by atoms with Gasteiger partial charge in [0.2, 0.25) is 5.91 Å². The average molecular weight is 468 g/mol. The van der Waals surface area contributed by atoms with Gasteiger partial charge in [-0.15, -0.1) is 0 Å². The van der Waals surface area contributed by atoms with E-state index in [1.54, 1.807) is 24.3 Å². The quantitative estimate of drug-likeness (QED) is 0.681. The summed E-state index contributed by atoms with van der Waals surface area (Å²) in [6.45, 7) is 2.23. The average Bonchev–Trinajstić information content (AvgIpc) is 3.13. The Kier molecular flexibility index (Phi) is 5.30.